The predicted octanol–water partition coefficient (Wildman–Crippen LogP) is 1.31. The zero-order valence-electron chi connectivity index (χ0n) is 10.3. The molecule has 1 fully saturated rings. The van der Waals surface area contributed by atoms with Gasteiger partial charge in [-0.3, -0.25) is 15.0 Å². The smallest absolute Gasteiger partial charge is 0.336 e. The van der Waals surface area contributed by atoms with Gasteiger partial charge in [0.05, 0.1) is 5.56 Å². The van der Waals surface area contributed by atoms with Gasteiger partial charge in [-0.25, -0.2) is 9.59 Å². The predicted molar refractivity (Wildman–Crippen MR) is 70.8 cm³/mol. The van der Waals surface area contributed by atoms with Gasteiger partial charge in [0, 0.05) is 35.8 Å². The molecule has 102 valence electrons. The second-order valence-electron chi connectivity index (χ2n) is 4.49. The summed E-state index contributed by atoms with van der Waals surface area (Å²) in [5, 5.41) is 12.0. The number of carbonyl (C=O) groups is 3. The summed E-state index contributed by atoms with van der Waals surface area (Å²) in [7, 11) is 0. The lowest BCUT2D eigenvalue weighted by Crippen LogP contribution is -2.49. The van der Waals surface area contributed by atoms with E-state index in [9.17, 15) is 19.5 Å². The Kier molecular flexibility index (Phi) is 2.67. The van der Waals surface area contributed by atoms with Gasteiger partial charge >= 0.3 is 12.0 Å². The summed E-state index contributed by atoms with van der Waals surface area (Å²) in [6.07, 6.45) is 1.83. The van der Waals surface area contributed by atoms with E-state index in [4.69, 9.17) is 0 Å². The third kappa shape index (κ3) is 1.89. The number of carboxylic acids is 1. The minimum absolute atomic E-state index is 0.114. The van der Waals surface area contributed by atoms with Crippen LogP contribution < -0.4 is 10.2 Å². The summed E-state index contributed by atoms with van der Waals surface area (Å²) in [6, 6.07) is 4.26. The SMILES string of the molecule is O=C1CCN(c2cc(C(=O)O)c3cc[nH]c3c2)C(=O)N1. The Bertz CT molecular complexity index is 734. The van der Waals surface area contributed by atoms with Gasteiger partial charge in [-0.2, -0.15) is 0 Å². The largest absolute Gasteiger partial charge is 0.478 e. The first kappa shape index (κ1) is 12.2. The maximum absolute atomic E-state index is 11.8. The Labute approximate surface area is 113 Å². The Morgan fingerprint density at radius 2 is 2.10 bits per heavy atom. The van der Waals surface area contributed by atoms with Crippen molar-refractivity contribution in [3.63, 3.8) is 0 Å². The average Bonchev–Trinajstić information content (AvgIpc) is 2.85. The minimum Gasteiger partial charge on any atom is -0.478 e. The molecule has 3 N–H and O–H groups in total. The van der Waals surface area contributed by atoms with E-state index in [-0.39, 0.29) is 24.4 Å². The Morgan fingerprint density at radius 1 is 1.30 bits per heavy atom. The molecule has 7 heteroatoms. The molecule has 1 aliphatic rings. The number of rotatable bonds is 2. The van der Waals surface area contributed by atoms with Crippen LogP contribution in [0.15, 0.2) is 24.4 Å². The molecule has 1 aromatic carbocycles. The maximum atomic E-state index is 11.8. The summed E-state index contributed by atoms with van der Waals surface area (Å²) >= 11 is 0. The monoisotopic (exact) mass is 273 g/mol. The van der Waals surface area contributed by atoms with Crippen LogP contribution in [0.2, 0.25) is 0 Å². The number of fused-ring (bicyclic) bond motifs is 1. The highest BCUT2D eigenvalue weighted by Gasteiger charge is 2.25. The van der Waals surface area contributed by atoms with Gasteiger partial charge in [0.1, 0.15) is 0 Å². The van der Waals surface area contributed by atoms with Crippen LogP contribution in [0, 0.1) is 0 Å². The van der Waals surface area contributed by atoms with E-state index in [0.29, 0.717) is 16.6 Å². The molecule has 1 saturated heterocycles. The summed E-state index contributed by atoms with van der Waals surface area (Å²) < 4.78 is 0. The second-order valence-corrected chi connectivity index (χ2v) is 4.49. The van der Waals surface area contributed by atoms with Gasteiger partial charge in [-0.1, -0.05) is 0 Å². The minimum atomic E-state index is -1.06. The van der Waals surface area contributed by atoms with Gasteiger partial charge < -0.3 is 10.1 Å². The van der Waals surface area contributed by atoms with Crippen molar-refractivity contribution >= 4 is 34.5 Å². The molecule has 0 atom stereocenters. The molecule has 0 unspecified atom stereocenters. The van der Waals surface area contributed by atoms with Gasteiger partial charge in [0.15, 0.2) is 0 Å². The summed E-state index contributed by atoms with van der Waals surface area (Å²) in [4.78, 5) is 38.5. The number of nitrogens with zero attached hydrogens (tertiary/aromatic N) is 1. The lowest BCUT2D eigenvalue weighted by Gasteiger charge is -2.26. The molecule has 2 aromatic rings. The van der Waals surface area contributed by atoms with Crippen molar-refractivity contribution in [1.82, 2.24) is 10.3 Å². The molecule has 1 aromatic heterocycles. The van der Waals surface area contributed by atoms with Crippen LogP contribution in [0.4, 0.5) is 10.5 Å². The Hall–Kier alpha value is -2.83. The number of hydrogen-bond acceptors (Lipinski definition) is 3. The fraction of sp³-hybridized carbons (Fsp3) is 0.154. The van der Waals surface area contributed by atoms with Crippen LogP contribution in [-0.2, 0) is 4.79 Å². The lowest BCUT2D eigenvalue weighted by atomic mass is 10.1. The van der Waals surface area contributed by atoms with Crippen molar-refractivity contribution < 1.29 is 19.5 Å². The second kappa shape index (κ2) is 4.37. The lowest BCUT2D eigenvalue weighted by molar-refractivity contribution is -0.120. The van der Waals surface area contributed by atoms with Crippen molar-refractivity contribution in [1.29, 1.82) is 0 Å². The van der Waals surface area contributed by atoms with Crippen LogP contribution in [0.1, 0.15) is 16.8 Å². The number of nitrogens with one attached hydrogen (secondary N) is 2. The third-order valence-corrected chi connectivity index (χ3v) is 3.25. The zero-order chi connectivity index (χ0) is 14.3. The first-order valence-electron chi connectivity index (χ1n) is 6.02. The molecule has 3 amide bonds. The summed E-state index contributed by atoms with van der Waals surface area (Å²) in [5.41, 5.74) is 1.19. The number of urea groups is 1. The highest BCUT2D eigenvalue weighted by Crippen LogP contribution is 2.26. The number of carboxylic acid groups (broad SMARTS) is 1. The van der Waals surface area contributed by atoms with E-state index in [1.807, 2.05) is 0 Å². The standard InChI is InChI=1S/C13H11N3O4/c17-11-2-4-16(13(20)15-11)7-5-9(12(18)19)8-1-3-14-10(8)6-7/h1,3,5-6,14H,2,4H2,(H,18,19)(H,15,17,20). The topological polar surface area (TPSA) is 102 Å². The molecule has 0 bridgehead atoms. The first-order chi connectivity index (χ1) is 9.56. The zero-order valence-corrected chi connectivity index (χ0v) is 10.3. The molecule has 0 spiro atoms. The molecule has 2 heterocycles. The van der Waals surface area contributed by atoms with Gasteiger partial charge in [0.25, 0.3) is 0 Å². The average molecular weight is 273 g/mol. The third-order valence-electron chi connectivity index (χ3n) is 3.25. The van der Waals surface area contributed by atoms with E-state index >= 15 is 0 Å². The highest BCUT2D eigenvalue weighted by atomic mass is 16.4. The van der Waals surface area contributed by atoms with E-state index < -0.39 is 12.0 Å². The number of H-pyrrole nitrogens is 1. The molecule has 0 saturated carbocycles. The van der Waals surface area contributed by atoms with Crippen LogP contribution in [0.3, 0.4) is 0 Å². The van der Waals surface area contributed by atoms with E-state index in [1.54, 1.807) is 18.3 Å². The van der Waals surface area contributed by atoms with Crippen molar-refractivity contribution in [3.05, 3.63) is 30.0 Å². The molecule has 1 aliphatic heterocycles. The quantitative estimate of drug-likeness (QED) is 0.767. The normalized spacial score (nSPS) is 15.5. The molecule has 20 heavy (non-hydrogen) atoms. The van der Waals surface area contributed by atoms with Gasteiger partial charge in [-0.15, -0.1) is 0 Å². The van der Waals surface area contributed by atoms with Crippen LogP contribution in [0.25, 0.3) is 10.9 Å². The fourth-order valence-electron chi connectivity index (χ4n) is 2.30. The number of benzene rings is 1. The highest BCUT2D eigenvalue weighted by molar-refractivity contribution is 6.09. The number of carbonyl (C=O) groups excluding carboxylic acids is 2. The van der Waals surface area contributed by atoms with E-state index in [1.165, 1.54) is 11.0 Å². The molecule has 0 aliphatic carbocycles. The molecular weight excluding hydrogens is 262 g/mol. The number of anilines is 1. The number of aromatic amines is 1. The molecule has 0 radical (unpaired) electrons. The van der Waals surface area contributed by atoms with Crippen LogP contribution in [0.5, 0.6) is 0 Å². The molecule has 7 nitrogen and oxygen atoms in total. The molecular formula is C13H11N3O4. The first-order valence-corrected chi connectivity index (χ1v) is 6.02. The maximum Gasteiger partial charge on any atom is 0.336 e. The van der Waals surface area contributed by atoms with Crippen LogP contribution >= 0.6 is 0 Å². The summed E-state index contributed by atoms with van der Waals surface area (Å²) in [5.74, 6) is -1.39. The van der Waals surface area contributed by atoms with Crippen molar-refractivity contribution in [2.45, 2.75) is 6.42 Å². The Morgan fingerprint density at radius 3 is 2.80 bits per heavy atom. The van der Waals surface area contributed by atoms with Crippen molar-refractivity contribution in [2.75, 3.05) is 11.4 Å². The number of imide groups is 1. The fourth-order valence-corrected chi connectivity index (χ4v) is 2.30. The van der Waals surface area contributed by atoms with Crippen molar-refractivity contribution in [2.24, 2.45) is 0 Å². The van der Waals surface area contributed by atoms with E-state index in [2.05, 4.69) is 10.3 Å². The number of amides is 3. The molecule has 3 rings (SSSR count). The number of aromatic carboxylic acids is 1. The number of hydrogen-bond donors (Lipinski definition) is 3. The van der Waals surface area contributed by atoms with Gasteiger partial charge in [-0.05, 0) is 18.2 Å². The van der Waals surface area contributed by atoms with E-state index in [0.717, 1.165) is 0 Å². The summed E-state index contributed by atoms with van der Waals surface area (Å²) in [6.45, 7) is 0.232. The number of aromatic nitrogens is 1. The van der Waals surface area contributed by atoms with Gasteiger partial charge in [0.2, 0.25) is 5.91 Å². The van der Waals surface area contributed by atoms with Crippen molar-refractivity contribution in [3.8, 4) is 0 Å². The Balaban J connectivity index is 2.10. The van der Waals surface area contributed by atoms with Crippen LogP contribution in [-0.4, -0.2) is 34.5 Å².